The normalized spacial score (nSPS) is 26.7. The van der Waals surface area contributed by atoms with Crippen LogP contribution in [0.1, 0.15) is 13.8 Å². The van der Waals surface area contributed by atoms with Gasteiger partial charge < -0.3 is 9.47 Å². The Morgan fingerprint density at radius 1 is 1.40 bits per heavy atom. The van der Waals surface area contributed by atoms with Gasteiger partial charge in [-0.05, 0) is 0 Å². The average Bonchev–Trinajstić information content (AvgIpc) is 1.88. The molecule has 1 saturated heterocycles. The summed E-state index contributed by atoms with van der Waals surface area (Å²) in [6.07, 6.45) is -0.0342. The van der Waals surface area contributed by atoms with Crippen molar-refractivity contribution in [1.82, 2.24) is 0 Å². The molecule has 1 heterocycles. The van der Waals surface area contributed by atoms with E-state index >= 15 is 0 Å². The van der Waals surface area contributed by atoms with Gasteiger partial charge in [0.15, 0.2) is 6.29 Å². The molecule has 0 saturated carbocycles. The van der Waals surface area contributed by atoms with Crippen LogP contribution in [0, 0.1) is 5.41 Å². The Morgan fingerprint density at radius 2 is 1.90 bits per heavy atom. The third-order valence-electron chi connectivity index (χ3n) is 1.45. The molecule has 0 aromatic rings. The third-order valence-corrected chi connectivity index (χ3v) is 1.97. The molecule has 0 N–H and O–H groups in total. The molecule has 0 aromatic heterocycles. The molecule has 0 amide bonds. The number of ether oxygens (including phenoxy) is 2. The fourth-order valence-electron chi connectivity index (χ4n) is 0.816. The lowest BCUT2D eigenvalue weighted by atomic mass is 9.96. The summed E-state index contributed by atoms with van der Waals surface area (Å²) in [5.74, 6) is 0. The minimum Gasteiger partial charge on any atom is -0.351 e. The zero-order chi connectivity index (χ0) is 7.61. The molecule has 0 spiro atoms. The van der Waals surface area contributed by atoms with Crippen LogP contribution in [0.5, 0.6) is 0 Å². The second-order valence-electron chi connectivity index (χ2n) is 3.37. The predicted octanol–water partition coefficient (Wildman–Crippen LogP) is 1.78. The summed E-state index contributed by atoms with van der Waals surface area (Å²) in [5.41, 5.74) is 0.193. The second kappa shape index (κ2) is 3.20. The lowest BCUT2D eigenvalue weighted by Crippen LogP contribution is -2.38. The molecule has 0 aromatic carbocycles. The summed E-state index contributed by atoms with van der Waals surface area (Å²) < 4.78 is 10.7. The van der Waals surface area contributed by atoms with Gasteiger partial charge in [0.05, 0.1) is 18.5 Å². The zero-order valence-electron chi connectivity index (χ0n) is 6.39. The van der Waals surface area contributed by atoms with Crippen LogP contribution in [0.4, 0.5) is 0 Å². The van der Waals surface area contributed by atoms with Gasteiger partial charge in [0.2, 0.25) is 0 Å². The molecule has 2 nitrogen and oxygen atoms in total. The maximum atomic E-state index is 5.37. The van der Waals surface area contributed by atoms with Crippen molar-refractivity contribution in [3.8, 4) is 0 Å². The first-order valence-corrected chi connectivity index (χ1v) is 4.55. The van der Waals surface area contributed by atoms with Crippen LogP contribution in [-0.2, 0) is 9.47 Å². The standard InChI is InChI=1S/C7H13BrO2/c1-7(2)4-9-6(3-8)10-5-7/h6H,3-5H2,1-2H3. The van der Waals surface area contributed by atoms with E-state index in [1.54, 1.807) is 0 Å². The van der Waals surface area contributed by atoms with E-state index in [-0.39, 0.29) is 11.7 Å². The van der Waals surface area contributed by atoms with Gasteiger partial charge in [-0.1, -0.05) is 29.8 Å². The molecule has 0 atom stereocenters. The van der Waals surface area contributed by atoms with E-state index in [4.69, 9.17) is 9.47 Å². The topological polar surface area (TPSA) is 18.5 Å². The first-order valence-electron chi connectivity index (χ1n) is 3.43. The van der Waals surface area contributed by atoms with Crippen molar-refractivity contribution in [2.24, 2.45) is 5.41 Å². The van der Waals surface area contributed by atoms with Gasteiger partial charge in [-0.3, -0.25) is 0 Å². The van der Waals surface area contributed by atoms with Crippen molar-refractivity contribution >= 4 is 15.9 Å². The molecular formula is C7H13BrO2. The highest BCUT2D eigenvalue weighted by Gasteiger charge is 2.27. The van der Waals surface area contributed by atoms with Crippen LogP contribution < -0.4 is 0 Å². The lowest BCUT2D eigenvalue weighted by Gasteiger charge is -2.33. The predicted molar refractivity (Wildman–Crippen MR) is 43.3 cm³/mol. The molecule has 0 unspecified atom stereocenters. The Labute approximate surface area is 70.0 Å². The van der Waals surface area contributed by atoms with Crippen molar-refractivity contribution < 1.29 is 9.47 Å². The van der Waals surface area contributed by atoms with E-state index in [0.29, 0.717) is 0 Å². The number of rotatable bonds is 1. The van der Waals surface area contributed by atoms with Crippen LogP contribution in [-0.4, -0.2) is 24.8 Å². The largest absolute Gasteiger partial charge is 0.351 e. The van der Waals surface area contributed by atoms with Gasteiger partial charge in [0.25, 0.3) is 0 Å². The van der Waals surface area contributed by atoms with Crippen LogP contribution in [0.25, 0.3) is 0 Å². The number of alkyl halides is 1. The fraction of sp³-hybridized carbons (Fsp3) is 1.00. The molecule has 1 aliphatic rings. The molecule has 1 aliphatic heterocycles. The number of hydrogen-bond donors (Lipinski definition) is 0. The highest BCUT2D eigenvalue weighted by atomic mass is 79.9. The Hall–Kier alpha value is 0.400. The number of halogens is 1. The molecule has 0 radical (unpaired) electrons. The first kappa shape index (κ1) is 8.50. The van der Waals surface area contributed by atoms with Crippen molar-refractivity contribution in [1.29, 1.82) is 0 Å². The maximum Gasteiger partial charge on any atom is 0.167 e. The van der Waals surface area contributed by atoms with Gasteiger partial charge in [0.1, 0.15) is 0 Å². The average molecular weight is 209 g/mol. The highest BCUT2D eigenvalue weighted by molar-refractivity contribution is 9.09. The molecule has 1 rings (SSSR count). The minimum absolute atomic E-state index is 0.0342. The van der Waals surface area contributed by atoms with Gasteiger partial charge in [-0.2, -0.15) is 0 Å². The lowest BCUT2D eigenvalue weighted by molar-refractivity contribution is -0.209. The summed E-state index contributed by atoms with van der Waals surface area (Å²) in [7, 11) is 0. The molecular weight excluding hydrogens is 196 g/mol. The highest BCUT2D eigenvalue weighted by Crippen LogP contribution is 2.23. The van der Waals surface area contributed by atoms with Gasteiger partial charge in [-0.25, -0.2) is 0 Å². The van der Waals surface area contributed by atoms with E-state index in [1.165, 1.54) is 0 Å². The van der Waals surface area contributed by atoms with Gasteiger partial charge in [-0.15, -0.1) is 0 Å². The summed E-state index contributed by atoms with van der Waals surface area (Å²) >= 11 is 3.30. The molecule has 0 bridgehead atoms. The van der Waals surface area contributed by atoms with Crippen molar-refractivity contribution in [3.05, 3.63) is 0 Å². The summed E-state index contributed by atoms with van der Waals surface area (Å²) in [6.45, 7) is 5.86. The Kier molecular flexibility index (Phi) is 2.72. The third kappa shape index (κ3) is 2.22. The zero-order valence-corrected chi connectivity index (χ0v) is 7.98. The Morgan fingerprint density at radius 3 is 2.30 bits per heavy atom. The first-order chi connectivity index (χ1) is 4.64. The minimum atomic E-state index is -0.0342. The summed E-state index contributed by atoms with van der Waals surface area (Å²) in [5, 5.41) is 0.767. The molecule has 60 valence electrons. The summed E-state index contributed by atoms with van der Waals surface area (Å²) in [4.78, 5) is 0. The molecule has 3 heteroatoms. The fourth-order valence-corrected chi connectivity index (χ4v) is 1.19. The van der Waals surface area contributed by atoms with Gasteiger partial charge in [0, 0.05) is 5.41 Å². The van der Waals surface area contributed by atoms with E-state index in [2.05, 4.69) is 29.8 Å². The Bertz CT molecular complexity index is 104. The molecule has 1 fully saturated rings. The van der Waals surface area contributed by atoms with E-state index in [0.717, 1.165) is 18.5 Å². The van der Waals surface area contributed by atoms with Crippen molar-refractivity contribution in [2.75, 3.05) is 18.5 Å². The molecule has 0 aliphatic carbocycles. The second-order valence-corrected chi connectivity index (χ2v) is 4.02. The molecule has 10 heavy (non-hydrogen) atoms. The van der Waals surface area contributed by atoms with E-state index < -0.39 is 0 Å². The summed E-state index contributed by atoms with van der Waals surface area (Å²) in [6, 6.07) is 0. The van der Waals surface area contributed by atoms with Crippen LogP contribution in [0.3, 0.4) is 0 Å². The SMILES string of the molecule is CC1(C)COC(CBr)OC1. The van der Waals surface area contributed by atoms with Crippen molar-refractivity contribution in [3.63, 3.8) is 0 Å². The van der Waals surface area contributed by atoms with Gasteiger partial charge >= 0.3 is 0 Å². The smallest absolute Gasteiger partial charge is 0.167 e. The monoisotopic (exact) mass is 208 g/mol. The van der Waals surface area contributed by atoms with E-state index in [1.807, 2.05) is 0 Å². The number of hydrogen-bond acceptors (Lipinski definition) is 2. The van der Waals surface area contributed by atoms with Crippen LogP contribution in [0.15, 0.2) is 0 Å². The van der Waals surface area contributed by atoms with Crippen LogP contribution in [0.2, 0.25) is 0 Å². The Balaban J connectivity index is 2.31. The maximum absolute atomic E-state index is 5.37. The quantitative estimate of drug-likeness (QED) is 0.613. The van der Waals surface area contributed by atoms with E-state index in [9.17, 15) is 0 Å². The van der Waals surface area contributed by atoms with Crippen molar-refractivity contribution in [2.45, 2.75) is 20.1 Å². The van der Waals surface area contributed by atoms with Crippen LogP contribution >= 0.6 is 15.9 Å².